The molecule has 0 aliphatic carbocycles. The van der Waals surface area contributed by atoms with Crippen molar-refractivity contribution in [3.05, 3.63) is 65.2 Å². The molecule has 0 unspecified atom stereocenters. The van der Waals surface area contributed by atoms with E-state index in [2.05, 4.69) is 0 Å². The van der Waals surface area contributed by atoms with E-state index in [4.69, 9.17) is 4.74 Å². The molecule has 0 saturated heterocycles. The molecule has 0 atom stereocenters. The van der Waals surface area contributed by atoms with E-state index < -0.39 is 11.6 Å². The highest BCUT2D eigenvalue weighted by Gasteiger charge is 2.08. The average Bonchev–Trinajstić information content (AvgIpc) is 2.33. The van der Waals surface area contributed by atoms with Crippen LogP contribution in [-0.2, 0) is 6.61 Å². The van der Waals surface area contributed by atoms with E-state index in [1.807, 2.05) is 25.1 Å². The average molecular weight is 234 g/mol. The van der Waals surface area contributed by atoms with Gasteiger partial charge >= 0.3 is 0 Å². The van der Waals surface area contributed by atoms with E-state index in [1.54, 1.807) is 6.07 Å². The standard InChI is InChI=1S/C14H12F2O/c1-10-5-2-3-8-13(10)17-9-11-6-4-7-12(15)14(11)16/h2-8H,9H2,1H3. The third kappa shape index (κ3) is 2.61. The summed E-state index contributed by atoms with van der Waals surface area (Å²) in [4.78, 5) is 0. The summed E-state index contributed by atoms with van der Waals surface area (Å²) in [5.74, 6) is -1.02. The minimum Gasteiger partial charge on any atom is -0.489 e. The van der Waals surface area contributed by atoms with Gasteiger partial charge in [-0.05, 0) is 24.6 Å². The first-order valence-corrected chi connectivity index (χ1v) is 5.30. The molecule has 0 N–H and O–H groups in total. The monoisotopic (exact) mass is 234 g/mol. The molecule has 0 radical (unpaired) electrons. The van der Waals surface area contributed by atoms with Gasteiger partial charge in [-0.15, -0.1) is 0 Å². The Balaban J connectivity index is 2.13. The summed E-state index contributed by atoms with van der Waals surface area (Å²) >= 11 is 0. The number of para-hydroxylation sites is 1. The molecule has 1 nitrogen and oxygen atoms in total. The van der Waals surface area contributed by atoms with Gasteiger partial charge in [-0.25, -0.2) is 8.78 Å². The van der Waals surface area contributed by atoms with Crippen LogP contribution in [0, 0.1) is 18.6 Å². The lowest BCUT2D eigenvalue weighted by molar-refractivity contribution is 0.295. The maximum atomic E-state index is 13.3. The van der Waals surface area contributed by atoms with Gasteiger partial charge in [0.25, 0.3) is 0 Å². The third-order valence-electron chi connectivity index (χ3n) is 2.51. The van der Waals surface area contributed by atoms with Crippen molar-refractivity contribution in [2.45, 2.75) is 13.5 Å². The van der Waals surface area contributed by atoms with Gasteiger partial charge in [-0.3, -0.25) is 0 Å². The fourth-order valence-corrected chi connectivity index (χ4v) is 1.53. The summed E-state index contributed by atoms with van der Waals surface area (Å²) in [6.45, 7) is 1.92. The lowest BCUT2D eigenvalue weighted by Gasteiger charge is -2.09. The van der Waals surface area contributed by atoms with Gasteiger partial charge in [0.15, 0.2) is 11.6 Å². The molecule has 0 bridgehead atoms. The Morgan fingerprint density at radius 2 is 1.76 bits per heavy atom. The highest BCUT2D eigenvalue weighted by molar-refractivity contribution is 5.32. The van der Waals surface area contributed by atoms with Crippen molar-refractivity contribution in [2.24, 2.45) is 0 Å². The Kier molecular flexibility index (Phi) is 3.38. The number of hydrogen-bond donors (Lipinski definition) is 0. The minimum absolute atomic E-state index is 0.0223. The van der Waals surface area contributed by atoms with Crippen LogP contribution in [0.4, 0.5) is 8.78 Å². The lowest BCUT2D eigenvalue weighted by atomic mass is 10.2. The van der Waals surface area contributed by atoms with E-state index in [9.17, 15) is 8.78 Å². The van der Waals surface area contributed by atoms with Crippen molar-refractivity contribution < 1.29 is 13.5 Å². The Morgan fingerprint density at radius 1 is 1.00 bits per heavy atom. The Hall–Kier alpha value is -1.90. The second-order valence-corrected chi connectivity index (χ2v) is 3.77. The van der Waals surface area contributed by atoms with Crippen molar-refractivity contribution in [1.29, 1.82) is 0 Å². The molecule has 0 saturated carbocycles. The summed E-state index contributed by atoms with van der Waals surface area (Å²) in [5.41, 5.74) is 1.18. The van der Waals surface area contributed by atoms with Crippen LogP contribution < -0.4 is 4.74 Å². The lowest BCUT2D eigenvalue weighted by Crippen LogP contribution is -2.01. The van der Waals surface area contributed by atoms with Crippen LogP contribution in [0.5, 0.6) is 5.75 Å². The molecule has 2 aromatic carbocycles. The van der Waals surface area contributed by atoms with Crippen molar-refractivity contribution >= 4 is 0 Å². The summed E-state index contributed by atoms with van der Waals surface area (Å²) in [7, 11) is 0. The van der Waals surface area contributed by atoms with Gasteiger partial charge in [0.05, 0.1) is 0 Å². The zero-order valence-electron chi connectivity index (χ0n) is 9.41. The summed E-state index contributed by atoms with van der Waals surface area (Å²) in [6, 6.07) is 11.5. The third-order valence-corrected chi connectivity index (χ3v) is 2.51. The molecule has 88 valence electrons. The van der Waals surface area contributed by atoms with Gasteiger partial charge in [0.2, 0.25) is 0 Å². The normalized spacial score (nSPS) is 10.3. The second kappa shape index (κ2) is 4.95. The van der Waals surface area contributed by atoms with Gasteiger partial charge in [-0.1, -0.05) is 30.3 Å². The molecule has 0 spiro atoms. The molecule has 0 amide bonds. The van der Waals surface area contributed by atoms with Crippen LogP contribution >= 0.6 is 0 Å². The first-order chi connectivity index (χ1) is 8.18. The van der Waals surface area contributed by atoms with Crippen LogP contribution in [0.15, 0.2) is 42.5 Å². The van der Waals surface area contributed by atoms with E-state index in [0.717, 1.165) is 11.6 Å². The van der Waals surface area contributed by atoms with E-state index >= 15 is 0 Å². The zero-order valence-corrected chi connectivity index (χ0v) is 9.41. The molecule has 0 heterocycles. The maximum absolute atomic E-state index is 13.3. The van der Waals surface area contributed by atoms with Gasteiger partial charge in [0, 0.05) is 5.56 Å². The van der Waals surface area contributed by atoms with Gasteiger partial charge < -0.3 is 4.74 Å². The number of ether oxygens (including phenoxy) is 1. The predicted octanol–water partition coefficient (Wildman–Crippen LogP) is 3.85. The largest absolute Gasteiger partial charge is 0.489 e. The first-order valence-electron chi connectivity index (χ1n) is 5.30. The van der Waals surface area contributed by atoms with Crippen LogP contribution in [0.1, 0.15) is 11.1 Å². The number of benzene rings is 2. The molecular weight excluding hydrogens is 222 g/mol. The molecule has 0 aromatic heterocycles. The molecule has 0 fully saturated rings. The summed E-state index contributed by atoms with van der Waals surface area (Å²) < 4.78 is 31.8. The van der Waals surface area contributed by atoms with E-state index in [0.29, 0.717) is 5.75 Å². The number of aryl methyl sites for hydroxylation is 1. The molecule has 0 aliphatic rings. The maximum Gasteiger partial charge on any atom is 0.165 e. The van der Waals surface area contributed by atoms with Crippen molar-refractivity contribution in [1.82, 2.24) is 0 Å². The van der Waals surface area contributed by atoms with Crippen molar-refractivity contribution in [3.8, 4) is 5.75 Å². The highest BCUT2D eigenvalue weighted by Crippen LogP contribution is 2.19. The summed E-state index contributed by atoms with van der Waals surface area (Å²) in [5, 5.41) is 0. The predicted molar refractivity (Wildman–Crippen MR) is 61.9 cm³/mol. The van der Waals surface area contributed by atoms with Crippen LogP contribution in [0.25, 0.3) is 0 Å². The van der Waals surface area contributed by atoms with Gasteiger partial charge in [-0.2, -0.15) is 0 Å². The molecule has 2 rings (SSSR count). The Bertz CT molecular complexity index is 523. The summed E-state index contributed by atoms with van der Waals surface area (Å²) in [6.07, 6.45) is 0. The Labute approximate surface area is 98.7 Å². The quantitative estimate of drug-likeness (QED) is 0.783. The topological polar surface area (TPSA) is 9.23 Å². The molecule has 17 heavy (non-hydrogen) atoms. The number of rotatable bonds is 3. The second-order valence-electron chi connectivity index (χ2n) is 3.77. The highest BCUT2D eigenvalue weighted by atomic mass is 19.2. The fourth-order valence-electron chi connectivity index (χ4n) is 1.53. The van der Waals surface area contributed by atoms with Gasteiger partial charge in [0.1, 0.15) is 12.4 Å². The minimum atomic E-state index is -0.851. The number of halogens is 2. The Morgan fingerprint density at radius 3 is 2.53 bits per heavy atom. The van der Waals surface area contributed by atoms with Crippen molar-refractivity contribution in [3.63, 3.8) is 0 Å². The van der Waals surface area contributed by atoms with Crippen LogP contribution in [0.3, 0.4) is 0 Å². The fraction of sp³-hybridized carbons (Fsp3) is 0.143. The molecular formula is C14H12F2O. The van der Waals surface area contributed by atoms with Crippen LogP contribution in [-0.4, -0.2) is 0 Å². The SMILES string of the molecule is Cc1ccccc1OCc1cccc(F)c1F. The van der Waals surface area contributed by atoms with E-state index in [1.165, 1.54) is 12.1 Å². The molecule has 3 heteroatoms. The van der Waals surface area contributed by atoms with Crippen molar-refractivity contribution in [2.75, 3.05) is 0 Å². The smallest absolute Gasteiger partial charge is 0.165 e. The zero-order chi connectivity index (χ0) is 12.3. The van der Waals surface area contributed by atoms with Crippen LogP contribution in [0.2, 0.25) is 0 Å². The first kappa shape index (κ1) is 11.6. The number of hydrogen-bond acceptors (Lipinski definition) is 1. The molecule has 2 aromatic rings. The molecule has 0 aliphatic heterocycles. The van der Waals surface area contributed by atoms with E-state index in [-0.39, 0.29) is 12.2 Å².